The van der Waals surface area contributed by atoms with Crippen molar-refractivity contribution in [2.45, 2.75) is 6.04 Å². The first-order chi connectivity index (χ1) is 10.7. The largest absolute Gasteiger partial charge is 0.351 e. The highest BCUT2D eigenvalue weighted by molar-refractivity contribution is 5.93. The molecule has 22 heavy (non-hydrogen) atoms. The van der Waals surface area contributed by atoms with E-state index in [1.54, 1.807) is 34.6 Å². The van der Waals surface area contributed by atoms with Crippen LogP contribution in [-0.2, 0) is 0 Å². The van der Waals surface area contributed by atoms with Crippen LogP contribution >= 0.6 is 0 Å². The van der Waals surface area contributed by atoms with Crippen LogP contribution in [0.25, 0.3) is 0 Å². The van der Waals surface area contributed by atoms with Crippen LogP contribution in [-0.4, -0.2) is 63.9 Å². The van der Waals surface area contributed by atoms with Crippen molar-refractivity contribution in [3.05, 3.63) is 31.0 Å². The zero-order valence-electron chi connectivity index (χ0n) is 12.3. The Morgan fingerprint density at radius 1 is 1.18 bits per heavy atom. The van der Waals surface area contributed by atoms with Crippen LogP contribution in [0.15, 0.2) is 31.0 Å². The van der Waals surface area contributed by atoms with Crippen molar-refractivity contribution >= 4 is 17.5 Å². The van der Waals surface area contributed by atoms with Gasteiger partial charge in [-0.25, -0.2) is 9.78 Å². The summed E-state index contributed by atoms with van der Waals surface area (Å²) in [4.78, 5) is 26.0. The summed E-state index contributed by atoms with van der Waals surface area (Å²) in [5, 5.41) is 4.41. The van der Waals surface area contributed by atoms with Crippen LogP contribution in [0.1, 0.15) is 6.04 Å². The Labute approximate surface area is 128 Å². The second kappa shape index (κ2) is 4.97. The summed E-state index contributed by atoms with van der Waals surface area (Å²) in [6.45, 7) is 3.19. The van der Waals surface area contributed by atoms with E-state index in [0.717, 1.165) is 37.7 Å². The Morgan fingerprint density at radius 2 is 2.05 bits per heavy atom. The average molecular weight is 299 g/mol. The average Bonchev–Trinajstić information content (AvgIpc) is 3.07. The van der Waals surface area contributed by atoms with Gasteiger partial charge in [-0.3, -0.25) is 14.6 Å². The standard InChI is InChI=1S/C14H17N7O/c1-18-4-5-20(14(18)22)11-6-17-21(10-11)12-8-19(9-12)13-7-15-2-3-16-13/h2-3,6-7,10,12H,4-5,8-9H2,1H3. The molecule has 0 atom stereocenters. The number of urea groups is 1. The van der Waals surface area contributed by atoms with Crippen LogP contribution in [0, 0.1) is 0 Å². The van der Waals surface area contributed by atoms with Crippen LogP contribution in [0.4, 0.5) is 16.3 Å². The summed E-state index contributed by atoms with van der Waals surface area (Å²) in [5.74, 6) is 0.891. The van der Waals surface area contributed by atoms with E-state index in [-0.39, 0.29) is 6.03 Å². The number of hydrogen-bond donors (Lipinski definition) is 0. The lowest BCUT2D eigenvalue weighted by atomic mass is 10.1. The number of aromatic nitrogens is 4. The molecule has 0 saturated carbocycles. The van der Waals surface area contributed by atoms with E-state index in [1.807, 2.05) is 17.9 Å². The van der Waals surface area contributed by atoms with Gasteiger partial charge in [0.25, 0.3) is 0 Å². The normalized spacial score (nSPS) is 19.0. The minimum absolute atomic E-state index is 0.0364. The van der Waals surface area contributed by atoms with Crippen molar-refractivity contribution in [1.29, 1.82) is 0 Å². The number of amides is 2. The number of rotatable bonds is 3. The van der Waals surface area contributed by atoms with Gasteiger partial charge in [-0.2, -0.15) is 5.10 Å². The molecule has 0 radical (unpaired) electrons. The molecule has 2 aliphatic rings. The third-order valence-electron chi connectivity index (χ3n) is 4.23. The maximum Gasteiger partial charge on any atom is 0.324 e. The number of carbonyl (C=O) groups is 1. The molecule has 0 unspecified atom stereocenters. The van der Waals surface area contributed by atoms with Crippen LogP contribution in [0.2, 0.25) is 0 Å². The molecule has 8 nitrogen and oxygen atoms in total. The van der Waals surface area contributed by atoms with E-state index in [4.69, 9.17) is 0 Å². The molecule has 0 aliphatic carbocycles. The monoisotopic (exact) mass is 299 g/mol. The number of carbonyl (C=O) groups excluding carboxylic acids is 1. The predicted molar refractivity (Wildman–Crippen MR) is 80.9 cm³/mol. The quantitative estimate of drug-likeness (QED) is 0.830. The van der Waals surface area contributed by atoms with Crippen LogP contribution < -0.4 is 9.80 Å². The Balaban J connectivity index is 1.43. The highest BCUT2D eigenvalue weighted by Crippen LogP contribution is 2.27. The molecular weight excluding hydrogens is 282 g/mol. The third-order valence-corrected chi connectivity index (χ3v) is 4.23. The van der Waals surface area contributed by atoms with Gasteiger partial charge >= 0.3 is 6.03 Å². The lowest BCUT2D eigenvalue weighted by molar-refractivity contribution is 0.229. The summed E-state index contributed by atoms with van der Waals surface area (Å²) < 4.78 is 1.94. The first-order valence-electron chi connectivity index (χ1n) is 7.30. The minimum atomic E-state index is 0.0364. The molecule has 8 heteroatoms. The van der Waals surface area contributed by atoms with Gasteiger partial charge in [0, 0.05) is 51.8 Å². The molecule has 0 aromatic carbocycles. The number of hydrogen-bond acceptors (Lipinski definition) is 5. The maximum atomic E-state index is 12.0. The van der Waals surface area contributed by atoms with Gasteiger partial charge in [-0.1, -0.05) is 0 Å². The molecule has 0 N–H and O–H groups in total. The highest BCUT2D eigenvalue weighted by atomic mass is 16.2. The van der Waals surface area contributed by atoms with Gasteiger partial charge in [0.1, 0.15) is 5.82 Å². The molecule has 2 aliphatic heterocycles. The van der Waals surface area contributed by atoms with E-state index >= 15 is 0 Å². The maximum absolute atomic E-state index is 12.0. The molecule has 4 rings (SSSR count). The van der Waals surface area contributed by atoms with Crippen molar-refractivity contribution in [2.24, 2.45) is 0 Å². The van der Waals surface area contributed by atoms with E-state index in [2.05, 4.69) is 20.0 Å². The van der Waals surface area contributed by atoms with Crippen molar-refractivity contribution in [3.63, 3.8) is 0 Å². The van der Waals surface area contributed by atoms with Crippen molar-refractivity contribution < 1.29 is 4.79 Å². The van der Waals surface area contributed by atoms with Gasteiger partial charge in [-0.05, 0) is 0 Å². The van der Waals surface area contributed by atoms with Gasteiger partial charge in [-0.15, -0.1) is 0 Å². The SMILES string of the molecule is CN1CCN(c2cnn(C3CN(c4cnccn4)C3)c2)C1=O. The molecule has 0 spiro atoms. The van der Waals surface area contributed by atoms with Gasteiger partial charge < -0.3 is 9.80 Å². The fourth-order valence-electron chi connectivity index (χ4n) is 2.82. The Kier molecular flexibility index (Phi) is 2.95. The first-order valence-corrected chi connectivity index (χ1v) is 7.30. The van der Waals surface area contributed by atoms with Crippen LogP contribution in [0.3, 0.4) is 0 Å². The van der Waals surface area contributed by atoms with E-state index in [0.29, 0.717) is 6.04 Å². The molecule has 2 aromatic rings. The summed E-state index contributed by atoms with van der Waals surface area (Å²) in [5.41, 5.74) is 0.868. The molecule has 2 amide bonds. The van der Waals surface area contributed by atoms with Crippen molar-refractivity contribution in [3.8, 4) is 0 Å². The smallest absolute Gasteiger partial charge is 0.324 e. The number of likely N-dealkylation sites (N-methyl/N-ethyl adjacent to an activating group) is 1. The number of anilines is 2. The van der Waals surface area contributed by atoms with E-state index in [1.165, 1.54) is 0 Å². The highest BCUT2D eigenvalue weighted by Gasteiger charge is 2.32. The Morgan fingerprint density at radius 3 is 2.73 bits per heavy atom. The fraction of sp³-hybridized carbons (Fsp3) is 0.429. The molecular formula is C14H17N7O. The van der Waals surface area contributed by atoms with E-state index in [9.17, 15) is 4.79 Å². The minimum Gasteiger partial charge on any atom is -0.351 e. The Bertz CT molecular complexity index is 680. The molecule has 114 valence electrons. The fourth-order valence-corrected chi connectivity index (χ4v) is 2.82. The predicted octanol–water partition coefficient (Wildman–Crippen LogP) is 0.606. The molecule has 2 saturated heterocycles. The van der Waals surface area contributed by atoms with Crippen molar-refractivity contribution in [2.75, 3.05) is 43.0 Å². The molecule has 2 aromatic heterocycles. The van der Waals surface area contributed by atoms with E-state index < -0.39 is 0 Å². The molecule has 2 fully saturated rings. The van der Waals surface area contributed by atoms with Gasteiger partial charge in [0.15, 0.2) is 0 Å². The lowest BCUT2D eigenvalue weighted by Crippen LogP contribution is -2.48. The van der Waals surface area contributed by atoms with Crippen LogP contribution in [0.5, 0.6) is 0 Å². The summed E-state index contributed by atoms with van der Waals surface area (Å²) in [6, 6.07) is 0.348. The molecule has 4 heterocycles. The summed E-state index contributed by atoms with van der Waals surface area (Å²) in [6.07, 6.45) is 8.86. The Hall–Kier alpha value is -2.64. The first kappa shape index (κ1) is 13.1. The molecule has 0 bridgehead atoms. The zero-order valence-corrected chi connectivity index (χ0v) is 12.3. The summed E-state index contributed by atoms with van der Waals surface area (Å²) >= 11 is 0. The lowest BCUT2D eigenvalue weighted by Gasteiger charge is -2.39. The third kappa shape index (κ3) is 2.07. The topological polar surface area (TPSA) is 70.4 Å². The van der Waals surface area contributed by atoms with Crippen molar-refractivity contribution in [1.82, 2.24) is 24.6 Å². The zero-order chi connectivity index (χ0) is 15.1. The van der Waals surface area contributed by atoms with Gasteiger partial charge in [0.05, 0.1) is 24.1 Å². The number of nitrogens with zero attached hydrogens (tertiary/aromatic N) is 7. The van der Waals surface area contributed by atoms with Gasteiger partial charge in [0.2, 0.25) is 0 Å². The second-order valence-corrected chi connectivity index (χ2v) is 5.66. The summed E-state index contributed by atoms with van der Waals surface area (Å²) in [7, 11) is 1.82. The second-order valence-electron chi connectivity index (χ2n) is 5.66.